The zero-order valence-corrected chi connectivity index (χ0v) is 12.2. The van der Waals surface area contributed by atoms with E-state index in [-0.39, 0.29) is 12.4 Å². The highest BCUT2D eigenvalue weighted by atomic mass is 16.5. The summed E-state index contributed by atoms with van der Waals surface area (Å²) >= 11 is 0. The lowest BCUT2D eigenvalue weighted by Crippen LogP contribution is -2.38. The normalized spacial score (nSPS) is 14.8. The van der Waals surface area contributed by atoms with Crippen LogP contribution in [0.3, 0.4) is 0 Å². The molecule has 0 heterocycles. The van der Waals surface area contributed by atoms with Crippen LogP contribution in [0.15, 0.2) is 5.76 Å². The van der Waals surface area contributed by atoms with Gasteiger partial charge in [0.15, 0.2) is 5.94 Å². The summed E-state index contributed by atoms with van der Waals surface area (Å²) in [6, 6.07) is 0. The van der Waals surface area contributed by atoms with Crippen molar-refractivity contribution in [3.8, 4) is 0 Å². The third-order valence-corrected chi connectivity index (χ3v) is 3.45. The Morgan fingerprint density at radius 3 is 2.06 bits per heavy atom. The third-order valence-electron chi connectivity index (χ3n) is 3.45. The molecule has 4 nitrogen and oxygen atoms in total. The molecule has 106 valence electrons. The first-order chi connectivity index (χ1) is 8.41. The SMILES string of the molecule is CCOC(C)(CC)COC(=C=O)C(O)(CC)CC. The largest absolute Gasteiger partial charge is 0.481 e. The van der Waals surface area contributed by atoms with Crippen molar-refractivity contribution in [3.63, 3.8) is 0 Å². The molecule has 0 rings (SSSR count). The van der Waals surface area contributed by atoms with Gasteiger partial charge in [0.2, 0.25) is 5.76 Å². The van der Waals surface area contributed by atoms with Crippen LogP contribution in [0.2, 0.25) is 0 Å². The van der Waals surface area contributed by atoms with Gasteiger partial charge in [-0.25, -0.2) is 4.79 Å². The molecule has 0 saturated heterocycles. The lowest BCUT2D eigenvalue weighted by atomic mass is 9.95. The molecule has 0 aliphatic rings. The Morgan fingerprint density at radius 2 is 1.72 bits per heavy atom. The zero-order chi connectivity index (χ0) is 14.2. The highest BCUT2D eigenvalue weighted by Gasteiger charge is 2.33. The van der Waals surface area contributed by atoms with E-state index >= 15 is 0 Å². The molecule has 18 heavy (non-hydrogen) atoms. The molecule has 0 fully saturated rings. The van der Waals surface area contributed by atoms with Gasteiger partial charge in [-0.3, -0.25) is 0 Å². The average molecular weight is 258 g/mol. The maximum absolute atomic E-state index is 10.9. The first-order valence-electron chi connectivity index (χ1n) is 6.66. The van der Waals surface area contributed by atoms with Crippen molar-refractivity contribution in [2.24, 2.45) is 0 Å². The summed E-state index contributed by atoms with van der Waals surface area (Å²) in [5.74, 6) is 1.70. The molecule has 0 aliphatic heterocycles. The summed E-state index contributed by atoms with van der Waals surface area (Å²) < 4.78 is 11.1. The summed E-state index contributed by atoms with van der Waals surface area (Å²) in [5.41, 5.74) is -1.66. The second-order valence-corrected chi connectivity index (χ2v) is 4.70. The summed E-state index contributed by atoms with van der Waals surface area (Å²) in [7, 11) is 0. The Labute approximate surface area is 110 Å². The van der Waals surface area contributed by atoms with E-state index in [0.29, 0.717) is 19.4 Å². The van der Waals surface area contributed by atoms with Crippen LogP contribution in [0, 0.1) is 0 Å². The molecule has 0 aliphatic carbocycles. The van der Waals surface area contributed by atoms with Gasteiger partial charge in [0.25, 0.3) is 0 Å². The molecule has 0 aromatic rings. The van der Waals surface area contributed by atoms with Crippen LogP contribution in [0.25, 0.3) is 0 Å². The number of hydrogen-bond donors (Lipinski definition) is 1. The minimum atomic E-state index is -1.22. The summed E-state index contributed by atoms with van der Waals surface area (Å²) in [5, 5.41) is 10.2. The summed E-state index contributed by atoms with van der Waals surface area (Å²) in [6.45, 7) is 10.3. The first-order valence-corrected chi connectivity index (χ1v) is 6.66. The van der Waals surface area contributed by atoms with Gasteiger partial charge in [-0.05, 0) is 33.1 Å². The fraction of sp³-hybridized carbons (Fsp3) is 0.857. The van der Waals surface area contributed by atoms with E-state index in [1.54, 1.807) is 5.94 Å². The van der Waals surface area contributed by atoms with Crippen molar-refractivity contribution in [1.82, 2.24) is 0 Å². The quantitative estimate of drug-likeness (QED) is 0.510. The van der Waals surface area contributed by atoms with Gasteiger partial charge in [-0.15, -0.1) is 0 Å². The van der Waals surface area contributed by atoms with Crippen molar-refractivity contribution < 1.29 is 19.4 Å². The highest BCUT2D eigenvalue weighted by molar-refractivity contribution is 5.52. The number of ether oxygens (including phenoxy) is 2. The molecule has 0 aromatic carbocycles. The van der Waals surface area contributed by atoms with E-state index in [1.165, 1.54) is 0 Å². The van der Waals surface area contributed by atoms with Crippen molar-refractivity contribution >= 4 is 5.94 Å². The number of rotatable bonds is 9. The number of carbonyl (C=O) groups excluding carboxylic acids is 1. The maximum Gasteiger partial charge on any atom is 0.211 e. The Kier molecular flexibility index (Phi) is 7.22. The third kappa shape index (κ3) is 4.45. The van der Waals surface area contributed by atoms with E-state index in [0.717, 1.165) is 6.42 Å². The fourth-order valence-corrected chi connectivity index (χ4v) is 1.65. The van der Waals surface area contributed by atoms with Gasteiger partial charge < -0.3 is 14.6 Å². The molecule has 0 spiro atoms. The summed E-state index contributed by atoms with van der Waals surface area (Å²) in [6.07, 6.45) is 1.61. The topological polar surface area (TPSA) is 55.8 Å². The van der Waals surface area contributed by atoms with E-state index in [4.69, 9.17) is 9.47 Å². The molecule has 0 radical (unpaired) electrons. The maximum atomic E-state index is 10.9. The highest BCUT2D eigenvalue weighted by Crippen LogP contribution is 2.26. The molecule has 0 aromatic heterocycles. The van der Waals surface area contributed by atoms with Crippen molar-refractivity contribution in [1.29, 1.82) is 0 Å². The predicted octanol–water partition coefficient (Wildman–Crippen LogP) is 2.47. The van der Waals surface area contributed by atoms with Gasteiger partial charge in [0.1, 0.15) is 12.2 Å². The van der Waals surface area contributed by atoms with Crippen molar-refractivity contribution in [3.05, 3.63) is 5.76 Å². The van der Waals surface area contributed by atoms with E-state index in [9.17, 15) is 9.90 Å². The second kappa shape index (κ2) is 7.57. The van der Waals surface area contributed by atoms with Crippen LogP contribution in [0.4, 0.5) is 0 Å². The van der Waals surface area contributed by atoms with E-state index in [2.05, 4.69) is 0 Å². The van der Waals surface area contributed by atoms with Gasteiger partial charge in [0, 0.05) is 6.61 Å². The molecule has 1 N–H and O–H groups in total. The lowest BCUT2D eigenvalue weighted by molar-refractivity contribution is -0.0878. The summed E-state index contributed by atoms with van der Waals surface area (Å²) in [4.78, 5) is 10.9. The molecular weight excluding hydrogens is 232 g/mol. The van der Waals surface area contributed by atoms with Gasteiger partial charge in [0.05, 0.1) is 5.60 Å². The van der Waals surface area contributed by atoms with Gasteiger partial charge >= 0.3 is 0 Å². The van der Waals surface area contributed by atoms with E-state index in [1.807, 2.05) is 34.6 Å². The van der Waals surface area contributed by atoms with E-state index < -0.39 is 11.2 Å². The standard InChI is InChI=1S/C14H26O4/c1-6-13(5,18-9-4)11-17-12(10-15)14(16,7-2)8-3/h16H,6-9,11H2,1-5H3. The molecular formula is C14H26O4. The van der Waals surface area contributed by atoms with Crippen molar-refractivity contribution in [2.45, 2.75) is 65.1 Å². The minimum absolute atomic E-state index is 0.0214. The molecule has 0 amide bonds. The zero-order valence-electron chi connectivity index (χ0n) is 12.2. The lowest BCUT2D eigenvalue weighted by Gasteiger charge is -2.31. The monoisotopic (exact) mass is 258 g/mol. The average Bonchev–Trinajstić information content (AvgIpc) is 2.39. The Hall–Kier alpha value is -0.830. The molecule has 0 saturated carbocycles. The molecule has 1 unspecified atom stereocenters. The fourth-order valence-electron chi connectivity index (χ4n) is 1.65. The first kappa shape index (κ1) is 17.2. The van der Waals surface area contributed by atoms with Crippen LogP contribution in [-0.2, 0) is 14.3 Å². The van der Waals surface area contributed by atoms with Gasteiger partial charge in [-0.1, -0.05) is 20.8 Å². The van der Waals surface area contributed by atoms with Crippen LogP contribution < -0.4 is 0 Å². The molecule has 0 bridgehead atoms. The smallest absolute Gasteiger partial charge is 0.211 e. The van der Waals surface area contributed by atoms with Crippen LogP contribution in [-0.4, -0.2) is 35.5 Å². The Morgan fingerprint density at radius 1 is 1.17 bits per heavy atom. The Balaban J connectivity index is 4.72. The predicted molar refractivity (Wildman–Crippen MR) is 71.0 cm³/mol. The van der Waals surface area contributed by atoms with Crippen LogP contribution >= 0.6 is 0 Å². The van der Waals surface area contributed by atoms with Crippen molar-refractivity contribution in [2.75, 3.05) is 13.2 Å². The number of aliphatic hydroxyl groups is 1. The second-order valence-electron chi connectivity index (χ2n) is 4.70. The van der Waals surface area contributed by atoms with Crippen LogP contribution in [0.5, 0.6) is 0 Å². The molecule has 4 heteroatoms. The Bertz CT molecular complexity index is 290. The van der Waals surface area contributed by atoms with Crippen LogP contribution in [0.1, 0.15) is 53.9 Å². The minimum Gasteiger partial charge on any atom is -0.481 e. The molecule has 1 atom stereocenters. The van der Waals surface area contributed by atoms with Gasteiger partial charge in [-0.2, -0.15) is 0 Å². The number of hydrogen-bond acceptors (Lipinski definition) is 4.